The number of benzene rings is 1. The summed E-state index contributed by atoms with van der Waals surface area (Å²) < 4.78 is 0. The Balaban J connectivity index is 1.98. The van der Waals surface area contributed by atoms with Gasteiger partial charge in [-0.25, -0.2) is 4.98 Å². The highest BCUT2D eigenvalue weighted by Gasteiger charge is 2.04. The minimum Gasteiger partial charge on any atom is -0.326 e. The van der Waals surface area contributed by atoms with Gasteiger partial charge in [-0.3, -0.25) is 4.79 Å². The van der Waals surface area contributed by atoms with Crippen LogP contribution in [0.5, 0.6) is 0 Å². The maximum absolute atomic E-state index is 10.9. The molecule has 0 atom stereocenters. The van der Waals surface area contributed by atoms with Crippen LogP contribution in [0, 0.1) is 0 Å². The first kappa shape index (κ1) is 15.2. The second kappa shape index (κ2) is 6.97. The molecular formula is C14H12Cl2N2OS. The van der Waals surface area contributed by atoms with Crippen LogP contribution < -0.4 is 5.32 Å². The van der Waals surface area contributed by atoms with Crippen molar-refractivity contribution in [2.45, 2.75) is 17.6 Å². The molecule has 1 amide bonds. The Morgan fingerprint density at radius 1 is 1.20 bits per heavy atom. The molecule has 0 fully saturated rings. The maximum Gasteiger partial charge on any atom is 0.221 e. The largest absolute Gasteiger partial charge is 0.326 e. The van der Waals surface area contributed by atoms with E-state index in [0.717, 1.165) is 16.1 Å². The predicted molar refractivity (Wildman–Crippen MR) is 84.6 cm³/mol. The third-order valence-corrected chi connectivity index (χ3v) is 4.06. The molecule has 1 heterocycles. The Morgan fingerprint density at radius 2 is 1.90 bits per heavy atom. The molecule has 2 rings (SSSR count). The Hall–Kier alpha value is -1.23. The average molecular weight is 327 g/mol. The first-order valence-corrected chi connectivity index (χ1v) is 7.60. The van der Waals surface area contributed by atoms with Gasteiger partial charge in [0.05, 0.1) is 0 Å². The molecule has 104 valence electrons. The summed E-state index contributed by atoms with van der Waals surface area (Å²) in [5.41, 5.74) is 1.72. The van der Waals surface area contributed by atoms with E-state index in [1.165, 1.54) is 6.92 Å². The molecule has 3 nitrogen and oxygen atoms in total. The molecule has 20 heavy (non-hydrogen) atoms. The van der Waals surface area contributed by atoms with Crippen LogP contribution in [0.25, 0.3) is 0 Å². The number of nitrogens with one attached hydrogen (secondary N) is 1. The molecule has 1 aromatic heterocycles. The van der Waals surface area contributed by atoms with Crippen molar-refractivity contribution in [2.75, 3.05) is 5.32 Å². The summed E-state index contributed by atoms with van der Waals surface area (Å²) in [6.45, 7) is 1.48. The normalized spacial score (nSPS) is 10.3. The second-order valence-corrected chi connectivity index (χ2v) is 5.87. The van der Waals surface area contributed by atoms with Crippen LogP contribution >= 0.6 is 35.0 Å². The number of aromatic nitrogens is 1. The van der Waals surface area contributed by atoms with Crippen LogP contribution in [0.4, 0.5) is 5.69 Å². The van der Waals surface area contributed by atoms with Gasteiger partial charge in [-0.15, -0.1) is 11.8 Å². The number of hydrogen-bond donors (Lipinski definition) is 1. The average Bonchev–Trinajstić information content (AvgIpc) is 2.39. The quantitative estimate of drug-likeness (QED) is 0.657. The number of halogens is 2. The van der Waals surface area contributed by atoms with Gasteiger partial charge in [0.2, 0.25) is 5.91 Å². The Labute approximate surface area is 131 Å². The summed E-state index contributed by atoms with van der Waals surface area (Å²) in [7, 11) is 0. The topological polar surface area (TPSA) is 42.0 Å². The van der Waals surface area contributed by atoms with Crippen molar-refractivity contribution in [1.29, 1.82) is 0 Å². The lowest BCUT2D eigenvalue weighted by Gasteiger charge is -2.06. The molecule has 0 spiro atoms. The van der Waals surface area contributed by atoms with E-state index < -0.39 is 0 Å². The van der Waals surface area contributed by atoms with E-state index >= 15 is 0 Å². The minimum atomic E-state index is -0.0792. The van der Waals surface area contributed by atoms with Crippen molar-refractivity contribution in [2.24, 2.45) is 0 Å². The van der Waals surface area contributed by atoms with Crippen molar-refractivity contribution in [1.82, 2.24) is 4.98 Å². The van der Waals surface area contributed by atoms with Gasteiger partial charge in [-0.05, 0) is 35.9 Å². The van der Waals surface area contributed by atoms with E-state index in [0.29, 0.717) is 16.1 Å². The predicted octanol–water partition coefficient (Wildman–Crippen LogP) is 4.64. The monoisotopic (exact) mass is 326 g/mol. The van der Waals surface area contributed by atoms with Crippen LogP contribution in [-0.2, 0) is 10.5 Å². The van der Waals surface area contributed by atoms with E-state index in [4.69, 9.17) is 23.2 Å². The van der Waals surface area contributed by atoms with E-state index in [1.807, 2.05) is 30.3 Å². The third kappa shape index (κ3) is 4.40. The van der Waals surface area contributed by atoms with Crippen molar-refractivity contribution in [3.63, 3.8) is 0 Å². The number of carbonyl (C=O) groups excluding carboxylic acids is 1. The smallest absolute Gasteiger partial charge is 0.221 e. The molecule has 0 saturated heterocycles. The molecule has 0 saturated carbocycles. The number of anilines is 1. The fraction of sp³-hybridized carbons (Fsp3) is 0.143. The molecule has 0 aliphatic heterocycles. The first-order chi connectivity index (χ1) is 9.54. The van der Waals surface area contributed by atoms with Crippen LogP contribution in [0.3, 0.4) is 0 Å². The van der Waals surface area contributed by atoms with Crippen LogP contribution in [-0.4, -0.2) is 10.9 Å². The number of hydrogen-bond acceptors (Lipinski definition) is 3. The minimum absolute atomic E-state index is 0.0792. The molecule has 1 aromatic carbocycles. The fourth-order valence-electron chi connectivity index (χ4n) is 1.55. The van der Waals surface area contributed by atoms with Gasteiger partial charge in [0.15, 0.2) is 0 Å². The van der Waals surface area contributed by atoms with Crippen molar-refractivity contribution < 1.29 is 4.79 Å². The lowest BCUT2D eigenvalue weighted by atomic mass is 10.3. The van der Waals surface area contributed by atoms with Gasteiger partial charge < -0.3 is 5.32 Å². The maximum atomic E-state index is 10.9. The molecular weight excluding hydrogens is 315 g/mol. The highest BCUT2D eigenvalue weighted by atomic mass is 35.5. The second-order valence-electron chi connectivity index (χ2n) is 4.08. The Bertz CT molecular complexity index is 617. The van der Waals surface area contributed by atoms with E-state index in [1.54, 1.807) is 17.8 Å². The summed E-state index contributed by atoms with van der Waals surface area (Å²) in [6.07, 6.45) is 0. The van der Waals surface area contributed by atoms with Gasteiger partial charge >= 0.3 is 0 Å². The molecule has 0 aliphatic rings. The van der Waals surface area contributed by atoms with Crippen molar-refractivity contribution in [3.05, 3.63) is 52.3 Å². The number of carbonyl (C=O) groups is 1. The molecule has 0 radical (unpaired) electrons. The number of nitrogens with zero attached hydrogens (tertiary/aromatic N) is 1. The van der Waals surface area contributed by atoms with Gasteiger partial charge in [0.1, 0.15) is 10.3 Å². The lowest BCUT2D eigenvalue weighted by molar-refractivity contribution is -0.114. The van der Waals surface area contributed by atoms with Crippen LogP contribution in [0.2, 0.25) is 10.3 Å². The zero-order valence-corrected chi connectivity index (χ0v) is 13.0. The number of rotatable bonds is 4. The number of pyridine rings is 1. The zero-order valence-electron chi connectivity index (χ0n) is 10.7. The Kier molecular flexibility index (Phi) is 5.29. The van der Waals surface area contributed by atoms with Crippen molar-refractivity contribution >= 4 is 46.6 Å². The van der Waals surface area contributed by atoms with E-state index in [2.05, 4.69) is 10.3 Å². The number of amides is 1. The van der Waals surface area contributed by atoms with Crippen molar-refractivity contribution in [3.8, 4) is 0 Å². The summed E-state index contributed by atoms with van der Waals surface area (Å²) >= 11 is 13.4. The molecule has 2 aromatic rings. The fourth-order valence-corrected chi connectivity index (χ4v) is 2.92. The van der Waals surface area contributed by atoms with Gasteiger partial charge in [0.25, 0.3) is 0 Å². The van der Waals surface area contributed by atoms with Gasteiger partial charge in [-0.1, -0.05) is 29.3 Å². The Morgan fingerprint density at radius 3 is 2.50 bits per heavy atom. The molecule has 1 N–H and O–H groups in total. The summed E-state index contributed by atoms with van der Waals surface area (Å²) in [4.78, 5) is 16.0. The lowest BCUT2D eigenvalue weighted by Crippen LogP contribution is -2.05. The first-order valence-electron chi connectivity index (χ1n) is 5.86. The molecule has 0 aliphatic carbocycles. The molecule has 0 unspecified atom stereocenters. The van der Waals surface area contributed by atoms with E-state index in [-0.39, 0.29) is 5.91 Å². The summed E-state index contributed by atoms with van der Waals surface area (Å²) in [5, 5.41) is 3.55. The third-order valence-electron chi connectivity index (χ3n) is 2.46. The standard InChI is InChI=1S/C14H12Cl2N2OS/c1-9(19)17-11-3-5-12(6-4-11)20-8-10-2-7-13(15)18-14(10)16/h2-7H,8H2,1H3,(H,17,19). The highest BCUT2D eigenvalue weighted by molar-refractivity contribution is 7.98. The van der Waals surface area contributed by atoms with Crippen LogP contribution in [0.1, 0.15) is 12.5 Å². The highest BCUT2D eigenvalue weighted by Crippen LogP contribution is 2.27. The SMILES string of the molecule is CC(=O)Nc1ccc(SCc2ccc(Cl)nc2Cl)cc1. The molecule has 6 heteroatoms. The summed E-state index contributed by atoms with van der Waals surface area (Å²) in [6, 6.07) is 11.2. The number of thioether (sulfide) groups is 1. The summed E-state index contributed by atoms with van der Waals surface area (Å²) in [5.74, 6) is 0.632. The van der Waals surface area contributed by atoms with Crippen LogP contribution in [0.15, 0.2) is 41.3 Å². The van der Waals surface area contributed by atoms with Gasteiger partial charge in [-0.2, -0.15) is 0 Å². The van der Waals surface area contributed by atoms with Gasteiger partial charge in [0, 0.05) is 23.3 Å². The van der Waals surface area contributed by atoms with E-state index in [9.17, 15) is 4.79 Å². The zero-order chi connectivity index (χ0) is 14.5. The molecule has 0 bridgehead atoms.